The molecule has 0 spiro atoms. The van der Waals surface area contributed by atoms with Crippen LogP contribution in [0.3, 0.4) is 0 Å². The van der Waals surface area contributed by atoms with Gasteiger partial charge in [0.25, 0.3) is 0 Å². The maximum absolute atomic E-state index is 12.2. The zero-order valence-electron chi connectivity index (χ0n) is 27.4. The molecule has 244 valence electrons. The largest absolute Gasteiger partial charge is 0.462 e. The molecule has 0 aliphatic carbocycles. The van der Waals surface area contributed by atoms with Crippen molar-refractivity contribution in [2.75, 3.05) is 12.5 Å². The Bertz CT molecular complexity index is 685. The van der Waals surface area contributed by atoms with E-state index in [0.717, 1.165) is 57.8 Å². The normalized spacial score (nSPS) is 12.5. The summed E-state index contributed by atoms with van der Waals surface area (Å²) in [6, 6.07) is 0. The van der Waals surface area contributed by atoms with Crippen molar-refractivity contribution in [1.29, 1.82) is 0 Å². The van der Waals surface area contributed by atoms with Gasteiger partial charge in [-0.05, 0) is 44.9 Å². The van der Waals surface area contributed by atoms with Crippen molar-refractivity contribution in [2.24, 2.45) is 0 Å². The molecule has 0 aromatic carbocycles. The van der Waals surface area contributed by atoms with Gasteiger partial charge in [0.05, 0.1) is 5.88 Å². The molecule has 0 radical (unpaired) electrons. The van der Waals surface area contributed by atoms with Crippen LogP contribution in [0, 0.1) is 0 Å². The molecule has 0 saturated heterocycles. The van der Waals surface area contributed by atoms with E-state index in [1.54, 1.807) is 0 Å². The van der Waals surface area contributed by atoms with Crippen LogP contribution in [0.4, 0.5) is 0 Å². The summed E-state index contributed by atoms with van der Waals surface area (Å²) in [6.45, 7) is 4.46. The molecular formula is C37H65ClO4. The molecule has 5 heteroatoms. The van der Waals surface area contributed by atoms with Gasteiger partial charge in [0, 0.05) is 12.8 Å². The van der Waals surface area contributed by atoms with Crippen LogP contribution in [0.15, 0.2) is 36.5 Å². The van der Waals surface area contributed by atoms with E-state index < -0.39 is 6.10 Å². The minimum atomic E-state index is -0.566. The van der Waals surface area contributed by atoms with E-state index in [9.17, 15) is 9.59 Å². The molecule has 1 atom stereocenters. The standard InChI is InChI=1S/C37H65ClO4/c1-3-5-7-9-11-13-15-17-18-20-22-24-26-28-30-32-37(40)42-35(33-38)34-41-36(39)31-29-27-25-23-21-19-16-14-12-10-8-6-4-2/h5,7,11,13,17-18,35H,3-4,6,8-10,12,14-16,19-34H2,1-2H3/b7-5-,13-11-,18-17-. The summed E-state index contributed by atoms with van der Waals surface area (Å²) in [5.41, 5.74) is 0. The Kier molecular flexibility index (Phi) is 32.7. The highest BCUT2D eigenvalue weighted by molar-refractivity contribution is 6.18. The van der Waals surface area contributed by atoms with Crippen molar-refractivity contribution in [3.8, 4) is 0 Å². The van der Waals surface area contributed by atoms with Crippen LogP contribution in [0.1, 0.15) is 168 Å². The highest BCUT2D eigenvalue weighted by Gasteiger charge is 2.16. The van der Waals surface area contributed by atoms with Crippen molar-refractivity contribution in [2.45, 2.75) is 174 Å². The third-order valence-corrected chi connectivity index (χ3v) is 7.76. The van der Waals surface area contributed by atoms with Gasteiger partial charge in [0.2, 0.25) is 0 Å². The minimum absolute atomic E-state index is 0.0474. The SMILES string of the molecule is CC/C=C\C/C=C\C/C=C\CCCCCCCC(=O)OC(CCl)COC(=O)CCCCCCCCCCCCCCC. The highest BCUT2D eigenvalue weighted by Crippen LogP contribution is 2.14. The zero-order chi connectivity index (χ0) is 30.8. The van der Waals surface area contributed by atoms with Gasteiger partial charge in [-0.15, -0.1) is 11.6 Å². The Morgan fingerprint density at radius 3 is 1.55 bits per heavy atom. The van der Waals surface area contributed by atoms with Crippen LogP contribution in [-0.4, -0.2) is 30.5 Å². The summed E-state index contributed by atoms with van der Waals surface area (Å²) in [6.07, 6.45) is 39.7. The van der Waals surface area contributed by atoms with E-state index >= 15 is 0 Å². The Balaban J connectivity index is 3.60. The number of hydrogen-bond acceptors (Lipinski definition) is 4. The molecule has 0 aliphatic heterocycles. The van der Waals surface area contributed by atoms with Crippen LogP contribution in [0.2, 0.25) is 0 Å². The molecule has 0 rings (SSSR count). The minimum Gasteiger partial charge on any atom is -0.462 e. The maximum atomic E-state index is 12.2. The molecule has 0 aromatic rings. The van der Waals surface area contributed by atoms with Gasteiger partial charge in [-0.25, -0.2) is 0 Å². The van der Waals surface area contributed by atoms with Gasteiger partial charge in [-0.2, -0.15) is 0 Å². The van der Waals surface area contributed by atoms with E-state index in [4.69, 9.17) is 21.1 Å². The summed E-state index contributed by atoms with van der Waals surface area (Å²) in [5.74, 6) is -0.346. The van der Waals surface area contributed by atoms with Crippen LogP contribution < -0.4 is 0 Å². The van der Waals surface area contributed by atoms with Gasteiger partial charge in [0.15, 0.2) is 0 Å². The molecule has 0 amide bonds. The lowest BCUT2D eigenvalue weighted by Gasteiger charge is -2.15. The number of alkyl halides is 1. The van der Waals surface area contributed by atoms with E-state index in [0.29, 0.717) is 12.8 Å². The van der Waals surface area contributed by atoms with Gasteiger partial charge in [-0.1, -0.05) is 147 Å². The van der Waals surface area contributed by atoms with Crippen molar-refractivity contribution >= 4 is 23.5 Å². The van der Waals surface area contributed by atoms with Crippen molar-refractivity contribution in [1.82, 2.24) is 0 Å². The average Bonchev–Trinajstić information content (AvgIpc) is 2.99. The number of allylic oxidation sites excluding steroid dienone is 6. The van der Waals surface area contributed by atoms with Gasteiger partial charge in [0.1, 0.15) is 12.7 Å². The Morgan fingerprint density at radius 1 is 0.571 bits per heavy atom. The van der Waals surface area contributed by atoms with Crippen LogP contribution in [0.5, 0.6) is 0 Å². The first-order valence-corrected chi connectivity index (χ1v) is 18.0. The Hall–Kier alpha value is -1.55. The fraction of sp³-hybridized carbons (Fsp3) is 0.784. The lowest BCUT2D eigenvalue weighted by molar-refractivity contribution is -0.157. The lowest BCUT2D eigenvalue weighted by atomic mass is 10.0. The van der Waals surface area contributed by atoms with Crippen LogP contribution >= 0.6 is 11.6 Å². The topological polar surface area (TPSA) is 52.6 Å². The third kappa shape index (κ3) is 31.4. The summed E-state index contributed by atoms with van der Waals surface area (Å²) in [4.78, 5) is 24.2. The van der Waals surface area contributed by atoms with Crippen molar-refractivity contribution < 1.29 is 19.1 Å². The Labute approximate surface area is 265 Å². The third-order valence-electron chi connectivity index (χ3n) is 7.42. The molecule has 42 heavy (non-hydrogen) atoms. The number of carbonyl (C=O) groups is 2. The molecule has 0 N–H and O–H groups in total. The second-order valence-corrected chi connectivity index (χ2v) is 11.9. The first-order chi connectivity index (χ1) is 20.6. The van der Waals surface area contributed by atoms with Crippen molar-refractivity contribution in [3.05, 3.63) is 36.5 Å². The first kappa shape index (κ1) is 40.5. The highest BCUT2D eigenvalue weighted by atomic mass is 35.5. The number of carbonyl (C=O) groups excluding carboxylic acids is 2. The molecule has 4 nitrogen and oxygen atoms in total. The quantitative estimate of drug-likeness (QED) is 0.0340. The monoisotopic (exact) mass is 608 g/mol. The molecule has 1 unspecified atom stereocenters. The number of rotatable bonds is 31. The second kappa shape index (κ2) is 33.9. The van der Waals surface area contributed by atoms with Gasteiger partial charge >= 0.3 is 11.9 Å². The first-order valence-electron chi connectivity index (χ1n) is 17.5. The molecular weight excluding hydrogens is 544 g/mol. The summed E-state index contributed by atoms with van der Waals surface area (Å²) in [7, 11) is 0. The fourth-order valence-electron chi connectivity index (χ4n) is 4.79. The number of hydrogen-bond donors (Lipinski definition) is 0. The smallest absolute Gasteiger partial charge is 0.306 e. The second-order valence-electron chi connectivity index (χ2n) is 11.5. The average molecular weight is 609 g/mol. The zero-order valence-corrected chi connectivity index (χ0v) is 28.2. The molecule has 0 bridgehead atoms. The summed E-state index contributed by atoms with van der Waals surface area (Å²) >= 11 is 5.95. The molecule has 0 heterocycles. The van der Waals surface area contributed by atoms with Crippen LogP contribution in [0.25, 0.3) is 0 Å². The predicted octanol–water partition coefficient (Wildman–Crippen LogP) is 11.8. The predicted molar refractivity (Wildman–Crippen MR) is 181 cm³/mol. The van der Waals surface area contributed by atoms with E-state index in [-0.39, 0.29) is 24.4 Å². The summed E-state index contributed by atoms with van der Waals surface area (Å²) in [5, 5.41) is 0. The number of ether oxygens (including phenoxy) is 2. The summed E-state index contributed by atoms with van der Waals surface area (Å²) < 4.78 is 10.7. The van der Waals surface area contributed by atoms with Gasteiger partial charge in [-0.3, -0.25) is 9.59 Å². The Morgan fingerprint density at radius 2 is 1.02 bits per heavy atom. The molecule has 0 fully saturated rings. The fourth-order valence-corrected chi connectivity index (χ4v) is 4.94. The maximum Gasteiger partial charge on any atom is 0.306 e. The molecule has 0 aromatic heterocycles. The number of esters is 2. The van der Waals surface area contributed by atoms with E-state index in [2.05, 4.69) is 50.3 Å². The number of halogens is 1. The molecule has 0 saturated carbocycles. The van der Waals surface area contributed by atoms with Gasteiger partial charge < -0.3 is 9.47 Å². The van der Waals surface area contributed by atoms with E-state index in [1.165, 1.54) is 83.5 Å². The van der Waals surface area contributed by atoms with Crippen molar-refractivity contribution in [3.63, 3.8) is 0 Å². The van der Waals surface area contributed by atoms with E-state index in [1.807, 2.05) is 0 Å². The molecule has 0 aliphatic rings. The number of unbranched alkanes of at least 4 members (excludes halogenated alkanes) is 17. The lowest BCUT2D eigenvalue weighted by Crippen LogP contribution is -2.26. The van der Waals surface area contributed by atoms with Crippen LogP contribution in [-0.2, 0) is 19.1 Å².